The highest BCUT2D eigenvalue weighted by Crippen LogP contribution is 2.44. The molecule has 5 rings (SSSR count). The quantitative estimate of drug-likeness (QED) is 0.297. The SMILES string of the molecule is Bc1ccc2c(c1)Sc1cc(Br)cc3c4ccccc4c(=O)n-2c13. The summed E-state index contributed by atoms with van der Waals surface area (Å²) in [6.07, 6.45) is 0. The molecule has 1 aliphatic heterocycles. The van der Waals surface area contributed by atoms with E-state index in [1.807, 2.05) is 28.8 Å². The molecule has 0 N–H and O–H groups in total. The van der Waals surface area contributed by atoms with E-state index >= 15 is 0 Å². The lowest BCUT2D eigenvalue weighted by molar-refractivity contribution is 1.00. The van der Waals surface area contributed by atoms with Gasteiger partial charge in [0.2, 0.25) is 0 Å². The van der Waals surface area contributed by atoms with Crippen LogP contribution in [0.4, 0.5) is 0 Å². The van der Waals surface area contributed by atoms with Crippen molar-refractivity contribution in [1.29, 1.82) is 0 Å². The van der Waals surface area contributed by atoms with Crippen LogP contribution >= 0.6 is 27.7 Å². The van der Waals surface area contributed by atoms with Crippen LogP contribution in [0.2, 0.25) is 0 Å². The number of nitrogens with zero attached hydrogens (tertiary/aromatic N) is 1. The molecule has 2 nitrogen and oxygen atoms in total. The van der Waals surface area contributed by atoms with Crippen molar-refractivity contribution in [2.45, 2.75) is 9.79 Å². The van der Waals surface area contributed by atoms with Gasteiger partial charge in [0.05, 0.1) is 11.2 Å². The standard InChI is InChI=1S/C19H11BBrNOS/c20-10-5-6-15-16(7-10)24-17-9-11(21)8-14-12-3-1-2-4-13(12)19(23)22(15)18(14)17/h1-9H,20H2. The van der Waals surface area contributed by atoms with Crippen molar-refractivity contribution in [3.63, 3.8) is 0 Å². The fourth-order valence-corrected chi connectivity index (χ4v) is 5.29. The van der Waals surface area contributed by atoms with E-state index < -0.39 is 0 Å². The highest BCUT2D eigenvalue weighted by atomic mass is 79.9. The fraction of sp³-hybridized carbons (Fsp3) is 0. The van der Waals surface area contributed by atoms with Crippen molar-refractivity contribution in [1.82, 2.24) is 4.57 Å². The zero-order valence-electron chi connectivity index (χ0n) is 12.8. The van der Waals surface area contributed by atoms with Gasteiger partial charge < -0.3 is 0 Å². The molecule has 0 amide bonds. The molecular formula is C19H11BBrNOS. The molecule has 1 aromatic heterocycles. The van der Waals surface area contributed by atoms with E-state index in [1.54, 1.807) is 11.8 Å². The first-order valence-corrected chi connectivity index (χ1v) is 9.30. The minimum Gasteiger partial charge on any atom is -0.274 e. The lowest BCUT2D eigenvalue weighted by atomic mass is 9.96. The van der Waals surface area contributed by atoms with Crippen molar-refractivity contribution in [3.05, 3.63) is 69.4 Å². The molecule has 0 bridgehead atoms. The van der Waals surface area contributed by atoms with Crippen LogP contribution in [0, 0.1) is 0 Å². The number of halogens is 1. The Morgan fingerprint density at radius 2 is 1.71 bits per heavy atom. The van der Waals surface area contributed by atoms with E-state index in [1.165, 1.54) is 5.46 Å². The van der Waals surface area contributed by atoms with Crippen LogP contribution in [0.15, 0.2) is 73.7 Å². The van der Waals surface area contributed by atoms with Crippen molar-refractivity contribution in [3.8, 4) is 5.69 Å². The fourth-order valence-electron chi connectivity index (χ4n) is 3.45. The van der Waals surface area contributed by atoms with Gasteiger partial charge in [-0.25, -0.2) is 0 Å². The summed E-state index contributed by atoms with van der Waals surface area (Å²) < 4.78 is 2.91. The van der Waals surface area contributed by atoms with E-state index in [-0.39, 0.29) is 5.56 Å². The van der Waals surface area contributed by atoms with Gasteiger partial charge in [-0.2, -0.15) is 0 Å². The Kier molecular flexibility index (Phi) is 3.00. The summed E-state index contributed by atoms with van der Waals surface area (Å²) in [5, 5.41) is 2.87. The van der Waals surface area contributed by atoms with Crippen LogP contribution in [0.5, 0.6) is 0 Å². The Morgan fingerprint density at radius 3 is 2.54 bits per heavy atom. The van der Waals surface area contributed by atoms with E-state index in [0.29, 0.717) is 0 Å². The molecule has 5 heteroatoms. The lowest BCUT2D eigenvalue weighted by Gasteiger charge is -2.23. The third-order valence-electron chi connectivity index (χ3n) is 4.49. The summed E-state index contributed by atoms with van der Waals surface area (Å²) in [5.74, 6) is 0. The van der Waals surface area contributed by atoms with Crippen LogP contribution in [0.1, 0.15) is 0 Å². The molecule has 114 valence electrons. The zero-order valence-corrected chi connectivity index (χ0v) is 15.2. The van der Waals surface area contributed by atoms with Crippen molar-refractivity contribution in [2.24, 2.45) is 0 Å². The van der Waals surface area contributed by atoms with Crippen molar-refractivity contribution in [2.75, 3.05) is 0 Å². The predicted molar refractivity (Wildman–Crippen MR) is 107 cm³/mol. The highest BCUT2D eigenvalue weighted by molar-refractivity contribution is 9.10. The third kappa shape index (κ3) is 1.88. The van der Waals surface area contributed by atoms with Gasteiger partial charge in [0, 0.05) is 25.0 Å². The normalized spacial score (nSPS) is 12.5. The predicted octanol–water partition coefficient (Wildman–Crippen LogP) is 3.63. The number of pyridine rings is 1. The third-order valence-corrected chi connectivity index (χ3v) is 6.03. The smallest absolute Gasteiger partial charge is 0.263 e. The Hall–Kier alpha value is -1.98. The first-order chi connectivity index (χ1) is 11.6. The number of benzene rings is 3. The maximum Gasteiger partial charge on any atom is 0.263 e. The molecule has 0 aliphatic carbocycles. The molecule has 0 radical (unpaired) electrons. The van der Waals surface area contributed by atoms with E-state index in [4.69, 9.17) is 0 Å². The van der Waals surface area contributed by atoms with Gasteiger partial charge in [0.15, 0.2) is 0 Å². The Labute approximate surface area is 152 Å². The van der Waals surface area contributed by atoms with Crippen molar-refractivity contribution >= 4 is 62.7 Å². The Balaban J connectivity index is 2.10. The summed E-state index contributed by atoms with van der Waals surface area (Å²) in [6.45, 7) is 0. The first kappa shape index (κ1) is 14.4. The number of hydrogen-bond acceptors (Lipinski definition) is 2. The molecule has 0 saturated heterocycles. The van der Waals surface area contributed by atoms with Gasteiger partial charge in [-0.3, -0.25) is 9.36 Å². The second-order valence-corrected chi connectivity index (χ2v) is 8.06. The summed E-state index contributed by atoms with van der Waals surface area (Å²) in [6, 6.07) is 18.3. The van der Waals surface area contributed by atoms with Crippen LogP contribution in [0.25, 0.3) is 27.4 Å². The summed E-state index contributed by atoms with van der Waals surface area (Å²) in [5.41, 5.74) is 3.22. The molecule has 0 saturated carbocycles. The number of hydrogen-bond donors (Lipinski definition) is 0. The average molecular weight is 392 g/mol. The Bertz CT molecular complexity index is 1230. The second-order valence-electron chi connectivity index (χ2n) is 6.06. The maximum absolute atomic E-state index is 13.2. The topological polar surface area (TPSA) is 22.0 Å². The van der Waals surface area contributed by atoms with Gasteiger partial charge in [-0.15, -0.1) is 0 Å². The summed E-state index contributed by atoms with van der Waals surface area (Å²) >= 11 is 5.36. The molecule has 2 heterocycles. The van der Waals surface area contributed by atoms with E-state index in [2.05, 4.69) is 54.1 Å². The molecule has 0 spiro atoms. The monoisotopic (exact) mass is 391 g/mol. The maximum atomic E-state index is 13.2. The first-order valence-electron chi connectivity index (χ1n) is 7.69. The van der Waals surface area contributed by atoms with Gasteiger partial charge in [-0.05, 0) is 29.7 Å². The molecule has 1 aliphatic rings. The van der Waals surface area contributed by atoms with Crippen LogP contribution in [-0.4, -0.2) is 12.4 Å². The largest absolute Gasteiger partial charge is 0.274 e. The minimum atomic E-state index is 0.0482. The van der Waals surface area contributed by atoms with Gasteiger partial charge in [-0.1, -0.05) is 63.5 Å². The minimum absolute atomic E-state index is 0.0482. The van der Waals surface area contributed by atoms with E-state index in [0.717, 1.165) is 41.6 Å². The molecule has 4 aromatic rings. The molecule has 0 fully saturated rings. The van der Waals surface area contributed by atoms with Gasteiger partial charge in [0.25, 0.3) is 5.56 Å². The second kappa shape index (κ2) is 5.01. The average Bonchev–Trinajstić information content (AvgIpc) is 2.57. The Morgan fingerprint density at radius 1 is 0.917 bits per heavy atom. The van der Waals surface area contributed by atoms with E-state index in [9.17, 15) is 4.79 Å². The zero-order chi connectivity index (χ0) is 16.4. The molecule has 0 atom stereocenters. The van der Waals surface area contributed by atoms with Crippen molar-refractivity contribution < 1.29 is 0 Å². The molecular weight excluding hydrogens is 381 g/mol. The lowest BCUT2D eigenvalue weighted by Crippen LogP contribution is -2.22. The summed E-state index contributed by atoms with van der Waals surface area (Å²) in [4.78, 5) is 15.5. The number of rotatable bonds is 0. The highest BCUT2D eigenvalue weighted by Gasteiger charge is 2.23. The molecule has 24 heavy (non-hydrogen) atoms. The molecule has 3 aromatic carbocycles. The van der Waals surface area contributed by atoms with Crippen LogP contribution < -0.4 is 11.0 Å². The van der Waals surface area contributed by atoms with Gasteiger partial charge in [0.1, 0.15) is 7.85 Å². The summed E-state index contributed by atoms with van der Waals surface area (Å²) in [7, 11) is 2.08. The van der Waals surface area contributed by atoms with Crippen LogP contribution in [0.3, 0.4) is 0 Å². The number of fused-ring (bicyclic) bond motifs is 4. The van der Waals surface area contributed by atoms with Gasteiger partial charge >= 0.3 is 0 Å². The van der Waals surface area contributed by atoms with Crippen LogP contribution in [-0.2, 0) is 0 Å². The number of aromatic nitrogens is 1. The molecule has 0 unspecified atom stereocenters.